The molecule has 1 aliphatic carbocycles. The van der Waals surface area contributed by atoms with Gasteiger partial charge in [0.25, 0.3) is 5.91 Å². The van der Waals surface area contributed by atoms with Crippen molar-refractivity contribution in [3.63, 3.8) is 0 Å². The maximum absolute atomic E-state index is 15.0. The molecule has 1 fully saturated rings. The molecule has 182 valence electrons. The van der Waals surface area contributed by atoms with Crippen LogP contribution in [0, 0.1) is 5.82 Å². The summed E-state index contributed by atoms with van der Waals surface area (Å²) in [6.07, 6.45) is 4.98. The number of nitrogens with zero attached hydrogens (tertiary/aromatic N) is 1. The second kappa shape index (κ2) is 11.2. The maximum atomic E-state index is 15.0. The average Bonchev–Trinajstić information content (AvgIpc) is 3.57. The van der Waals surface area contributed by atoms with Crippen LogP contribution >= 0.6 is 11.6 Å². The Morgan fingerprint density at radius 3 is 2.40 bits per heavy atom. The smallest absolute Gasteiger partial charge is 0.287 e. The van der Waals surface area contributed by atoms with Gasteiger partial charge in [-0.05, 0) is 55.3 Å². The fourth-order valence-electron chi connectivity index (χ4n) is 4.22. The summed E-state index contributed by atoms with van der Waals surface area (Å²) in [5, 5.41) is 5.92. The van der Waals surface area contributed by atoms with Crippen LogP contribution < -0.4 is 15.5 Å². The number of benzene rings is 2. The molecule has 2 N–H and O–H groups in total. The van der Waals surface area contributed by atoms with Crippen molar-refractivity contribution in [2.45, 2.75) is 37.8 Å². The summed E-state index contributed by atoms with van der Waals surface area (Å²) in [6, 6.07) is 13.8. The molecular formula is C26H25ClFN3O4. The number of hydrogen-bond acceptors (Lipinski definition) is 4. The van der Waals surface area contributed by atoms with Crippen molar-refractivity contribution in [3.05, 3.63) is 89.1 Å². The number of hydrogen-bond donors (Lipinski definition) is 2. The van der Waals surface area contributed by atoms with E-state index in [-0.39, 0.29) is 17.4 Å². The first-order chi connectivity index (χ1) is 16.9. The molecule has 3 amide bonds. The highest BCUT2D eigenvalue weighted by Crippen LogP contribution is 2.31. The van der Waals surface area contributed by atoms with Gasteiger partial charge in [0.1, 0.15) is 11.9 Å². The normalized spacial score (nSPS) is 14.3. The van der Waals surface area contributed by atoms with Crippen molar-refractivity contribution < 1.29 is 23.2 Å². The van der Waals surface area contributed by atoms with Gasteiger partial charge in [-0.25, -0.2) is 4.39 Å². The highest BCUT2D eigenvalue weighted by Gasteiger charge is 2.36. The van der Waals surface area contributed by atoms with E-state index < -0.39 is 36.1 Å². The molecule has 3 aromatic rings. The number of amides is 3. The van der Waals surface area contributed by atoms with Crippen LogP contribution in [-0.2, 0) is 9.59 Å². The van der Waals surface area contributed by atoms with E-state index in [1.54, 1.807) is 36.4 Å². The number of rotatable bonds is 8. The molecule has 1 aliphatic rings. The van der Waals surface area contributed by atoms with Crippen LogP contribution in [0.4, 0.5) is 10.1 Å². The van der Waals surface area contributed by atoms with E-state index >= 15 is 0 Å². The number of anilines is 1. The Kier molecular flexibility index (Phi) is 7.82. The summed E-state index contributed by atoms with van der Waals surface area (Å²) < 4.78 is 20.1. The lowest BCUT2D eigenvalue weighted by atomic mass is 10.0. The summed E-state index contributed by atoms with van der Waals surface area (Å²) in [6.45, 7) is -0.441. The van der Waals surface area contributed by atoms with E-state index in [0.717, 1.165) is 25.7 Å². The first-order valence-corrected chi connectivity index (χ1v) is 11.8. The van der Waals surface area contributed by atoms with Crippen LogP contribution in [0.1, 0.15) is 47.8 Å². The average molecular weight is 498 g/mol. The van der Waals surface area contributed by atoms with Gasteiger partial charge >= 0.3 is 0 Å². The molecule has 1 aromatic heterocycles. The number of halogens is 2. The largest absolute Gasteiger partial charge is 0.459 e. The topological polar surface area (TPSA) is 91.7 Å². The van der Waals surface area contributed by atoms with Gasteiger partial charge in [0.15, 0.2) is 5.76 Å². The summed E-state index contributed by atoms with van der Waals surface area (Å²) >= 11 is 6.04. The van der Waals surface area contributed by atoms with E-state index in [2.05, 4.69) is 10.6 Å². The van der Waals surface area contributed by atoms with Gasteiger partial charge in [-0.3, -0.25) is 19.3 Å². The molecule has 0 unspecified atom stereocenters. The van der Waals surface area contributed by atoms with E-state index in [0.29, 0.717) is 10.7 Å². The second-order valence-electron chi connectivity index (χ2n) is 8.31. The summed E-state index contributed by atoms with van der Waals surface area (Å²) in [4.78, 5) is 40.6. The van der Waals surface area contributed by atoms with Gasteiger partial charge < -0.3 is 15.1 Å². The zero-order chi connectivity index (χ0) is 24.8. The lowest BCUT2D eigenvalue weighted by Gasteiger charge is -2.32. The van der Waals surface area contributed by atoms with Crippen LogP contribution in [0.2, 0.25) is 5.02 Å². The van der Waals surface area contributed by atoms with Gasteiger partial charge in [-0.1, -0.05) is 42.6 Å². The monoisotopic (exact) mass is 497 g/mol. The standard InChI is InChI=1S/C26H25ClFN3O4/c27-17-11-13-19(14-12-17)31(23(32)16-29-25(33)22-10-5-15-35-22)24(20-8-3-4-9-21(20)28)26(34)30-18-6-1-2-7-18/h3-5,8-15,18,24H,1-2,6-7,16H2,(H,29,33)(H,30,34)/t24-/m0/s1. The quantitative estimate of drug-likeness (QED) is 0.474. The molecule has 0 saturated heterocycles. The third-order valence-electron chi connectivity index (χ3n) is 5.93. The van der Waals surface area contributed by atoms with Crippen molar-refractivity contribution in [1.82, 2.24) is 10.6 Å². The first-order valence-electron chi connectivity index (χ1n) is 11.4. The lowest BCUT2D eigenvalue weighted by molar-refractivity contribution is -0.126. The van der Waals surface area contributed by atoms with Crippen molar-refractivity contribution in [2.24, 2.45) is 0 Å². The van der Waals surface area contributed by atoms with Gasteiger partial charge in [-0.15, -0.1) is 0 Å². The Bertz CT molecular complexity index is 1180. The predicted molar refractivity (Wildman–Crippen MR) is 130 cm³/mol. The Morgan fingerprint density at radius 1 is 1.03 bits per heavy atom. The molecule has 1 saturated carbocycles. The SMILES string of the molecule is O=C(NCC(=O)N(c1ccc(Cl)cc1)[C@H](C(=O)NC1CCCC1)c1ccccc1F)c1ccco1. The molecule has 4 rings (SSSR count). The molecule has 7 nitrogen and oxygen atoms in total. The first kappa shape index (κ1) is 24.5. The Morgan fingerprint density at radius 2 is 1.74 bits per heavy atom. The number of nitrogens with one attached hydrogen (secondary N) is 2. The van der Waals surface area contributed by atoms with Crippen LogP contribution in [-0.4, -0.2) is 30.3 Å². The second-order valence-corrected chi connectivity index (χ2v) is 8.75. The van der Waals surface area contributed by atoms with E-state index in [1.165, 1.54) is 35.4 Å². The van der Waals surface area contributed by atoms with Crippen LogP contribution in [0.15, 0.2) is 71.3 Å². The minimum Gasteiger partial charge on any atom is -0.459 e. The van der Waals surface area contributed by atoms with Gasteiger partial charge in [0.2, 0.25) is 11.8 Å². The highest BCUT2D eigenvalue weighted by molar-refractivity contribution is 6.30. The van der Waals surface area contributed by atoms with Gasteiger partial charge in [0.05, 0.1) is 12.8 Å². The Hall–Kier alpha value is -3.65. The molecule has 0 radical (unpaired) electrons. The molecule has 0 spiro atoms. The molecule has 0 bridgehead atoms. The van der Waals surface area contributed by atoms with E-state index in [1.807, 2.05) is 0 Å². The number of furan rings is 1. The Balaban J connectivity index is 1.69. The zero-order valence-corrected chi connectivity index (χ0v) is 19.6. The summed E-state index contributed by atoms with van der Waals surface area (Å²) in [5.41, 5.74) is 0.380. The van der Waals surface area contributed by atoms with Crippen molar-refractivity contribution in [2.75, 3.05) is 11.4 Å². The van der Waals surface area contributed by atoms with E-state index in [9.17, 15) is 18.8 Å². The van der Waals surface area contributed by atoms with Gasteiger partial charge in [-0.2, -0.15) is 0 Å². The molecule has 1 atom stereocenters. The maximum Gasteiger partial charge on any atom is 0.287 e. The molecule has 2 aromatic carbocycles. The highest BCUT2D eigenvalue weighted by atomic mass is 35.5. The Labute approximate surface area is 207 Å². The molecule has 35 heavy (non-hydrogen) atoms. The summed E-state index contributed by atoms with van der Waals surface area (Å²) in [5.74, 6) is -2.27. The summed E-state index contributed by atoms with van der Waals surface area (Å²) in [7, 11) is 0. The van der Waals surface area contributed by atoms with Crippen LogP contribution in [0.25, 0.3) is 0 Å². The van der Waals surface area contributed by atoms with Crippen LogP contribution in [0.5, 0.6) is 0 Å². The fourth-order valence-corrected chi connectivity index (χ4v) is 4.35. The molecule has 9 heteroatoms. The van der Waals surface area contributed by atoms with Crippen molar-refractivity contribution >= 4 is 35.0 Å². The van der Waals surface area contributed by atoms with Gasteiger partial charge in [0, 0.05) is 22.3 Å². The van der Waals surface area contributed by atoms with Crippen molar-refractivity contribution in [1.29, 1.82) is 0 Å². The predicted octanol–water partition coefficient (Wildman–Crippen LogP) is 4.64. The molecule has 0 aliphatic heterocycles. The van der Waals surface area contributed by atoms with E-state index in [4.69, 9.17) is 16.0 Å². The third-order valence-corrected chi connectivity index (χ3v) is 6.18. The molecular weight excluding hydrogens is 473 g/mol. The minimum atomic E-state index is -1.30. The number of carbonyl (C=O) groups is 3. The third kappa shape index (κ3) is 5.89. The van der Waals surface area contributed by atoms with Crippen molar-refractivity contribution in [3.8, 4) is 0 Å². The molecule has 1 heterocycles. The lowest BCUT2D eigenvalue weighted by Crippen LogP contribution is -2.49. The zero-order valence-electron chi connectivity index (χ0n) is 18.9. The van der Waals surface area contributed by atoms with Crippen LogP contribution in [0.3, 0.4) is 0 Å². The fraction of sp³-hybridized carbons (Fsp3) is 0.269. The number of carbonyl (C=O) groups excluding carboxylic acids is 3. The minimum absolute atomic E-state index is 0.0421.